The molecule has 1 aromatic heterocycles. The molecular formula is C22H23NO3S2. The van der Waals surface area contributed by atoms with E-state index < -0.39 is 15.1 Å². The first-order valence-corrected chi connectivity index (χ1v) is 11.4. The van der Waals surface area contributed by atoms with E-state index in [2.05, 4.69) is 5.32 Å². The Morgan fingerprint density at radius 2 is 1.75 bits per heavy atom. The Hall–Kier alpha value is -2.44. The topological polar surface area (TPSA) is 63.2 Å². The number of amides is 1. The number of carbonyl (C=O) groups excluding carboxylic acids is 1. The van der Waals surface area contributed by atoms with Crippen LogP contribution >= 0.6 is 11.3 Å². The SMILES string of the molecule is Cc1cccc(C(=O)NC[C@H](c2cccs2)S(=O)(=O)c2cc(C)ccc2C)c1. The van der Waals surface area contributed by atoms with Gasteiger partial charge in [0.15, 0.2) is 9.84 Å². The molecule has 0 radical (unpaired) electrons. The highest BCUT2D eigenvalue weighted by Gasteiger charge is 2.31. The summed E-state index contributed by atoms with van der Waals surface area (Å²) in [7, 11) is -3.67. The lowest BCUT2D eigenvalue weighted by Gasteiger charge is -2.19. The fourth-order valence-corrected chi connectivity index (χ4v) is 6.19. The normalized spacial score (nSPS) is 12.5. The third kappa shape index (κ3) is 4.34. The van der Waals surface area contributed by atoms with Crippen molar-refractivity contribution in [1.82, 2.24) is 5.32 Å². The molecule has 0 unspecified atom stereocenters. The van der Waals surface area contributed by atoms with Crippen molar-refractivity contribution in [3.8, 4) is 0 Å². The van der Waals surface area contributed by atoms with E-state index in [4.69, 9.17) is 0 Å². The lowest BCUT2D eigenvalue weighted by Crippen LogP contribution is -2.31. The van der Waals surface area contributed by atoms with Gasteiger partial charge in [-0.15, -0.1) is 11.3 Å². The number of hydrogen-bond acceptors (Lipinski definition) is 4. The molecule has 1 heterocycles. The number of carbonyl (C=O) groups is 1. The van der Waals surface area contributed by atoms with Crippen LogP contribution in [0.1, 0.15) is 37.2 Å². The van der Waals surface area contributed by atoms with E-state index in [1.807, 2.05) is 49.6 Å². The van der Waals surface area contributed by atoms with Crippen LogP contribution in [-0.4, -0.2) is 20.9 Å². The zero-order valence-corrected chi connectivity index (χ0v) is 17.7. The molecule has 28 heavy (non-hydrogen) atoms. The monoisotopic (exact) mass is 413 g/mol. The van der Waals surface area contributed by atoms with Crippen molar-refractivity contribution in [3.63, 3.8) is 0 Å². The number of nitrogens with one attached hydrogen (secondary N) is 1. The van der Waals surface area contributed by atoms with Crippen LogP contribution < -0.4 is 5.32 Å². The summed E-state index contributed by atoms with van der Waals surface area (Å²) in [6, 6.07) is 16.3. The minimum atomic E-state index is -3.67. The Morgan fingerprint density at radius 3 is 2.43 bits per heavy atom. The molecule has 0 aliphatic carbocycles. The zero-order chi connectivity index (χ0) is 20.3. The van der Waals surface area contributed by atoms with Gasteiger partial charge in [0.25, 0.3) is 5.91 Å². The quantitative estimate of drug-likeness (QED) is 0.641. The first-order valence-electron chi connectivity index (χ1n) is 8.98. The van der Waals surface area contributed by atoms with Gasteiger partial charge in [-0.25, -0.2) is 8.42 Å². The van der Waals surface area contributed by atoms with E-state index in [0.717, 1.165) is 11.1 Å². The Balaban J connectivity index is 1.92. The number of sulfone groups is 1. The Labute approximate surface area is 170 Å². The molecule has 1 N–H and O–H groups in total. The molecule has 1 amide bonds. The molecule has 3 rings (SSSR count). The van der Waals surface area contributed by atoms with Crippen molar-refractivity contribution < 1.29 is 13.2 Å². The van der Waals surface area contributed by atoms with Crippen molar-refractivity contribution in [2.24, 2.45) is 0 Å². The van der Waals surface area contributed by atoms with Crippen LogP contribution in [0.4, 0.5) is 0 Å². The van der Waals surface area contributed by atoms with Crippen LogP contribution in [0.3, 0.4) is 0 Å². The van der Waals surface area contributed by atoms with Gasteiger partial charge < -0.3 is 5.32 Å². The molecule has 0 saturated carbocycles. The van der Waals surface area contributed by atoms with Crippen molar-refractivity contribution >= 4 is 27.1 Å². The van der Waals surface area contributed by atoms with Gasteiger partial charge in [0.05, 0.1) is 4.90 Å². The lowest BCUT2D eigenvalue weighted by atomic mass is 10.1. The van der Waals surface area contributed by atoms with Crippen LogP contribution in [0, 0.1) is 20.8 Å². The number of rotatable bonds is 6. The molecule has 3 aromatic rings. The maximum absolute atomic E-state index is 13.5. The number of thiophene rings is 1. The Morgan fingerprint density at radius 1 is 1.00 bits per heavy atom. The number of hydrogen-bond donors (Lipinski definition) is 1. The molecule has 0 bridgehead atoms. The second-order valence-electron chi connectivity index (χ2n) is 6.90. The van der Waals surface area contributed by atoms with Crippen LogP contribution in [0.15, 0.2) is 64.9 Å². The largest absolute Gasteiger partial charge is 0.350 e. The maximum Gasteiger partial charge on any atom is 0.251 e. The van der Waals surface area contributed by atoms with Crippen molar-refractivity contribution in [3.05, 3.63) is 87.1 Å². The highest BCUT2D eigenvalue weighted by atomic mass is 32.2. The molecule has 2 aromatic carbocycles. The average Bonchev–Trinajstić information content (AvgIpc) is 3.17. The summed E-state index contributed by atoms with van der Waals surface area (Å²) in [5.74, 6) is -0.276. The summed E-state index contributed by atoms with van der Waals surface area (Å²) in [5, 5.41) is 3.83. The minimum absolute atomic E-state index is 0.0169. The van der Waals surface area contributed by atoms with Crippen molar-refractivity contribution in [2.75, 3.05) is 6.54 Å². The summed E-state index contributed by atoms with van der Waals surface area (Å²) in [5.41, 5.74) is 3.09. The minimum Gasteiger partial charge on any atom is -0.350 e. The maximum atomic E-state index is 13.5. The van der Waals surface area contributed by atoms with E-state index in [0.29, 0.717) is 20.9 Å². The summed E-state index contributed by atoms with van der Waals surface area (Å²) < 4.78 is 26.9. The highest BCUT2D eigenvalue weighted by molar-refractivity contribution is 7.92. The van der Waals surface area contributed by atoms with Crippen LogP contribution in [0.2, 0.25) is 0 Å². The molecular weight excluding hydrogens is 390 g/mol. The summed E-state index contributed by atoms with van der Waals surface area (Å²) in [4.78, 5) is 13.6. The third-order valence-corrected chi connectivity index (χ3v) is 7.97. The first-order chi connectivity index (χ1) is 13.3. The van der Waals surface area contributed by atoms with E-state index in [-0.39, 0.29) is 12.5 Å². The van der Waals surface area contributed by atoms with E-state index in [9.17, 15) is 13.2 Å². The molecule has 0 aliphatic heterocycles. The van der Waals surface area contributed by atoms with Crippen LogP contribution in [0.25, 0.3) is 0 Å². The van der Waals surface area contributed by atoms with Gasteiger partial charge in [-0.3, -0.25) is 4.79 Å². The molecule has 4 nitrogen and oxygen atoms in total. The fourth-order valence-electron chi connectivity index (χ4n) is 3.08. The third-order valence-electron chi connectivity index (χ3n) is 4.61. The second-order valence-corrected chi connectivity index (χ2v) is 9.98. The van der Waals surface area contributed by atoms with E-state index in [1.54, 1.807) is 31.2 Å². The molecule has 1 atom stereocenters. The first kappa shape index (κ1) is 20.3. The van der Waals surface area contributed by atoms with Crippen molar-refractivity contribution in [2.45, 2.75) is 30.9 Å². The van der Waals surface area contributed by atoms with Gasteiger partial charge in [-0.05, 0) is 61.5 Å². The van der Waals surface area contributed by atoms with Gasteiger partial charge >= 0.3 is 0 Å². The molecule has 0 fully saturated rings. The molecule has 0 aliphatic rings. The molecule has 6 heteroatoms. The smallest absolute Gasteiger partial charge is 0.251 e. The number of aryl methyl sites for hydroxylation is 3. The highest BCUT2D eigenvalue weighted by Crippen LogP contribution is 2.33. The standard InChI is InChI=1S/C22H23NO3S2/c1-15-6-4-7-18(12-15)22(24)23-14-21(19-8-5-11-27-19)28(25,26)20-13-16(2)9-10-17(20)3/h4-13,21H,14H2,1-3H3,(H,23,24)/t21-/m1/s1. The zero-order valence-electron chi connectivity index (χ0n) is 16.1. The summed E-state index contributed by atoms with van der Waals surface area (Å²) in [6.45, 7) is 5.60. The lowest BCUT2D eigenvalue weighted by molar-refractivity contribution is 0.0953. The average molecular weight is 414 g/mol. The van der Waals surface area contributed by atoms with Gasteiger partial charge in [-0.2, -0.15) is 0 Å². The summed E-state index contributed by atoms with van der Waals surface area (Å²) >= 11 is 1.38. The van der Waals surface area contributed by atoms with Gasteiger partial charge in [0, 0.05) is 17.0 Å². The van der Waals surface area contributed by atoms with E-state index >= 15 is 0 Å². The van der Waals surface area contributed by atoms with Crippen molar-refractivity contribution in [1.29, 1.82) is 0 Å². The second kappa shape index (κ2) is 8.29. The van der Waals surface area contributed by atoms with Gasteiger partial charge in [0.1, 0.15) is 5.25 Å². The van der Waals surface area contributed by atoms with E-state index in [1.165, 1.54) is 11.3 Å². The molecule has 0 saturated heterocycles. The Kier molecular flexibility index (Phi) is 6.01. The fraction of sp³-hybridized carbons (Fsp3) is 0.227. The van der Waals surface area contributed by atoms with Gasteiger partial charge in [0.2, 0.25) is 0 Å². The number of benzene rings is 2. The molecule has 146 valence electrons. The van der Waals surface area contributed by atoms with Crippen LogP contribution in [-0.2, 0) is 9.84 Å². The van der Waals surface area contributed by atoms with Crippen LogP contribution in [0.5, 0.6) is 0 Å². The van der Waals surface area contributed by atoms with Gasteiger partial charge in [-0.1, -0.05) is 35.9 Å². The predicted molar refractivity (Wildman–Crippen MR) is 114 cm³/mol. The Bertz CT molecular complexity index is 1090. The summed E-state index contributed by atoms with van der Waals surface area (Å²) in [6.07, 6.45) is 0. The molecule has 0 spiro atoms. The predicted octanol–water partition coefficient (Wildman–Crippen LogP) is 4.62.